The SMILES string of the molecule is Cc1noc(C)c1CN(C)Cc1ccccc1Oc1cccnc1. The third-order valence-corrected chi connectivity index (χ3v) is 3.88. The van der Waals surface area contributed by atoms with Crippen LogP contribution in [0.5, 0.6) is 11.5 Å². The lowest BCUT2D eigenvalue weighted by Gasteiger charge is -2.18. The quantitative estimate of drug-likeness (QED) is 0.683. The number of rotatable bonds is 6. The van der Waals surface area contributed by atoms with Crippen LogP contribution in [0.4, 0.5) is 0 Å². The summed E-state index contributed by atoms with van der Waals surface area (Å²) >= 11 is 0. The Morgan fingerprint density at radius 1 is 1.08 bits per heavy atom. The van der Waals surface area contributed by atoms with Gasteiger partial charge in [-0.15, -0.1) is 0 Å². The normalized spacial score (nSPS) is 11.0. The summed E-state index contributed by atoms with van der Waals surface area (Å²) < 4.78 is 11.2. The van der Waals surface area contributed by atoms with Crippen molar-refractivity contribution in [2.45, 2.75) is 26.9 Å². The third kappa shape index (κ3) is 3.81. The zero-order chi connectivity index (χ0) is 16.9. The summed E-state index contributed by atoms with van der Waals surface area (Å²) in [5.41, 5.74) is 3.21. The van der Waals surface area contributed by atoms with Gasteiger partial charge in [0.25, 0.3) is 0 Å². The maximum Gasteiger partial charge on any atom is 0.145 e. The van der Waals surface area contributed by atoms with Crippen molar-refractivity contribution in [3.05, 3.63) is 71.4 Å². The number of benzene rings is 1. The Morgan fingerprint density at radius 3 is 2.62 bits per heavy atom. The van der Waals surface area contributed by atoms with Crippen LogP contribution in [0.2, 0.25) is 0 Å². The van der Waals surface area contributed by atoms with E-state index in [0.717, 1.165) is 47.2 Å². The number of hydrogen-bond acceptors (Lipinski definition) is 5. The summed E-state index contributed by atoms with van der Waals surface area (Å²) in [6.07, 6.45) is 3.44. The van der Waals surface area contributed by atoms with Gasteiger partial charge >= 0.3 is 0 Å². The van der Waals surface area contributed by atoms with E-state index in [9.17, 15) is 0 Å². The van der Waals surface area contributed by atoms with Crippen LogP contribution < -0.4 is 4.74 Å². The fourth-order valence-corrected chi connectivity index (χ4v) is 2.61. The molecule has 5 nitrogen and oxygen atoms in total. The highest BCUT2D eigenvalue weighted by Crippen LogP contribution is 2.26. The van der Waals surface area contributed by atoms with E-state index in [1.54, 1.807) is 12.4 Å². The van der Waals surface area contributed by atoms with Crippen molar-refractivity contribution in [1.29, 1.82) is 0 Å². The average molecular weight is 323 g/mol. The molecule has 2 heterocycles. The van der Waals surface area contributed by atoms with E-state index in [1.165, 1.54) is 0 Å². The summed E-state index contributed by atoms with van der Waals surface area (Å²) in [5, 5.41) is 4.02. The fourth-order valence-electron chi connectivity index (χ4n) is 2.61. The largest absolute Gasteiger partial charge is 0.455 e. The fraction of sp³-hybridized carbons (Fsp3) is 0.263. The standard InChI is InChI=1S/C19H21N3O2/c1-14-18(15(2)24-21-14)13-22(3)12-16-7-4-5-9-19(16)23-17-8-6-10-20-11-17/h4-11H,12-13H2,1-3H3. The van der Waals surface area contributed by atoms with Gasteiger partial charge in [-0.2, -0.15) is 0 Å². The van der Waals surface area contributed by atoms with Crippen LogP contribution in [0.3, 0.4) is 0 Å². The van der Waals surface area contributed by atoms with Crippen molar-refractivity contribution in [1.82, 2.24) is 15.0 Å². The Balaban J connectivity index is 1.73. The second-order valence-electron chi connectivity index (χ2n) is 5.87. The second-order valence-corrected chi connectivity index (χ2v) is 5.87. The smallest absolute Gasteiger partial charge is 0.145 e. The summed E-state index contributed by atoms with van der Waals surface area (Å²) in [5.74, 6) is 2.45. The number of aromatic nitrogens is 2. The Hall–Kier alpha value is -2.66. The molecule has 5 heteroatoms. The van der Waals surface area contributed by atoms with Crippen LogP contribution in [0.25, 0.3) is 0 Å². The Bertz CT molecular complexity index is 780. The van der Waals surface area contributed by atoms with E-state index in [2.05, 4.69) is 28.2 Å². The molecule has 0 unspecified atom stereocenters. The molecule has 0 saturated carbocycles. The van der Waals surface area contributed by atoms with Crippen LogP contribution >= 0.6 is 0 Å². The number of nitrogens with zero attached hydrogens (tertiary/aromatic N) is 3. The van der Waals surface area contributed by atoms with Crippen molar-refractivity contribution < 1.29 is 9.26 Å². The van der Waals surface area contributed by atoms with Gasteiger partial charge in [0.15, 0.2) is 0 Å². The molecule has 0 saturated heterocycles. The number of para-hydroxylation sites is 1. The Labute approximate surface area is 141 Å². The van der Waals surface area contributed by atoms with Gasteiger partial charge in [-0.3, -0.25) is 9.88 Å². The molecule has 0 amide bonds. The number of ether oxygens (including phenoxy) is 1. The first-order valence-electron chi connectivity index (χ1n) is 7.89. The Kier molecular flexibility index (Phi) is 4.91. The monoisotopic (exact) mass is 323 g/mol. The molecular formula is C19H21N3O2. The lowest BCUT2D eigenvalue weighted by molar-refractivity contribution is 0.310. The van der Waals surface area contributed by atoms with Crippen molar-refractivity contribution in [2.75, 3.05) is 7.05 Å². The summed E-state index contributed by atoms with van der Waals surface area (Å²) in [6.45, 7) is 5.46. The molecule has 24 heavy (non-hydrogen) atoms. The molecule has 3 aromatic rings. The molecule has 0 spiro atoms. The van der Waals surface area contributed by atoms with E-state index in [1.807, 2.05) is 44.2 Å². The molecule has 0 fully saturated rings. The first kappa shape index (κ1) is 16.2. The van der Waals surface area contributed by atoms with Gasteiger partial charge in [-0.1, -0.05) is 23.4 Å². The highest BCUT2D eigenvalue weighted by molar-refractivity contribution is 5.37. The molecule has 124 valence electrons. The second kappa shape index (κ2) is 7.27. The van der Waals surface area contributed by atoms with E-state index >= 15 is 0 Å². The number of pyridine rings is 1. The van der Waals surface area contributed by atoms with Gasteiger partial charge in [0.2, 0.25) is 0 Å². The third-order valence-electron chi connectivity index (χ3n) is 3.88. The van der Waals surface area contributed by atoms with E-state index in [-0.39, 0.29) is 0 Å². The molecular weight excluding hydrogens is 302 g/mol. The topological polar surface area (TPSA) is 51.4 Å². The summed E-state index contributed by atoms with van der Waals surface area (Å²) in [7, 11) is 2.08. The summed E-state index contributed by atoms with van der Waals surface area (Å²) in [4.78, 5) is 6.31. The molecule has 2 aromatic heterocycles. The number of hydrogen-bond donors (Lipinski definition) is 0. The van der Waals surface area contributed by atoms with E-state index in [4.69, 9.17) is 9.26 Å². The minimum absolute atomic E-state index is 0.735. The van der Waals surface area contributed by atoms with Crippen LogP contribution in [0, 0.1) is 13.8 Å². The van der Waals surface area contributed by atoms with Crippen molar-refractivity contribution in [3.63, 3.8) is 0 Å². The lowest BCUT2D eigenvalue weighted by Crippen LogP contribution is -2.18. The Morgan fingerprint density at radius 2 is 1.92 bits per heavy atom. The number of aryl methyl sites for hydroxylation is 2. The van der Waals surface area contributed by atoms with Gasteiger partial charge in [-0.05, 0) is 39.1 Å². The molecule has 3 rings (SSSR count). The molecule has 0 aliphatic carbocycles. The highest BCUT2D eigenvalue weighted by Gasteiger charge is 2.13. The summed E-state index contributed by atoms with van der Waals surface area (Å²) in [6, 6.07) is 11.8. The van der Waals surface area contributed by atoms with Crippen molar-refractivity contribution in [2.24, 2.45) is 0 Å². The van der Waals surface area contributed by atoms with Crippen LogP contribution in [-0.2, 0) is 13.1 Å². The highest BCUT2D eigenvalue weighted by atomic mass is 16.5. The van der Waals surface area contributed by atoms with Gasteiger partial charge < -0.3 is 9.26 Å². The zero-order valence-corrected chi connectivity index (χ0v) is 14.2. The van der Waals surface area contributed by atoms with Gasteiger partial charge in [0.1, 0.15) is 17.3 Å². The first-order chi connectivity index (χ1) is 11.6. The predicted molar refractivity (Wildman–Crippen MR) is 91.9 cm³/mol. The molecule has 1 aromatic carbocycles. The van der Waals surface area contributed by atoms with Gasteiger partial charge in [-0.25, -0.2) is 0 Å². The minimum Gasteiger partial charge on any atom is -0.455 e. The lowest BCUT2D eigenvalue weighted by atomic mass is 10.1. The molecule has 0 N–H and O–H groups in total. The van der Waals surface area contributed by atoms with Crippen LogP contribution in [0.15, 0.2) is 53.3 Å². The van der Waals surface area contributed by atoms with Crippen molar-refractivity contribution in [3.8, 4) is 11.5 Å². The molecule has 0 bridgehead atoms. The van der Waals surface area contributed by atoms with Gasteiger partial charge in [0, 0.05) is 30.4 Å². The molecule has 0 aliphatic heterocycles. The van der Waals surface area contributed by atoms with E-state index in [0.29, 0.717) is 0 Å². The van der Waals surface area contributed by atoms with Gasteiger partial charge in [0.05, 0.1) is 11.9 Å². The van der Waals surface area contributed by atoms with E-state index < -0.39 is 0 Å². The first-order valence-corrected chi connectivity index (χ1v) is 7.89. The minimum atomic E-state index is 0.735. The molecule has 0 aliphatic rings. The maximum absolute atomic E-state index is 5.97. The molecule has 0 radical (unpaired) electrons. The predicted octanol–water partition coefficient (Wildman–Crippen LogP) is 4.11. The van der Waals surface area contributed by atoms with Crippen LogP contribution in [-0.4, -0.2) is 22.1 Å². The van der Waals surface area contributed by atoms with Crippen LogP contribution in [0.1, 0.15) is 22.6 Å². The zero-order valence-electron chi connectivity index (χ0n) is 14.2. The van der Waals surface area contributed by atoms with Crippen molar-refractivity contribution >= 4 is 0 Å². The maximum atomic E-state index is 5.97. The average Bonchev–Trinajstić information content (AvgIpc) is 2.89. The molecule has 0 atom stereocenters.